The molecule has 0 spiro atoms. The van der Waals surface area contributed by atoms with Crippen molar-refractivity contribution in [3.8, 4) is 0 Å². The standard InChI is InChI=1S/C17H21N5O3/c1-13(17(24)25)22-7-5-15(19-22)16(23)21-10-8-20(9-11-21)12-14-4-2-3-6-18-14/h2-7,13H,8-12H2,1H3,(H,24,25). The molecule has 1 aliphatic rings. The third-order valence-electron chi connectivity index (χ3n) is 4.35. The van der Waals surface area contributed by atoms with Crippen LogP contribution in [0, 0.1) is 0 Å². The second-order valence-electron chi connectivity index (χ2n) is 6.08. The monoisotopic (exact) mass is 343 g/mol. The van der Waals surface area contributed by atoms with Crippen LogP contribution in [0.3, 0.4) is 0 Å². The number of rotatable bonds is 5. The van der Waals surface area contributed by atoms with Crippen LogP contribution in [-0.4, -0.2) is 67.7 Å². The van der Waals surface area contributed by atoms with Gasteiger partial charge in [0.05, 0.1) is 5.69 Å². The van der Waals surface area contributed by atoms with Crippen LogP contribution < -0.4 is 0 Å². The van der Waals surface area contributed by atoms with Gasteiger partial charge in [-0.2, -0.15) is 5.10 Å². The number of amides is 1. The second kappa shape index (κ2) is 7.43. The predicted molar refractivity (Wildman–Crippen MR) is 90.0 cm³/mol. The van der Waals surface area contributed by atoms with Gasteiger partial charge in [-0.15, -0.1) is 0 Å². The van der Waals surface area contributed by atoms with Crippen LogP contribution >= 0.6 is 0 Å². The Hall–Kier alpha value is -2.74. The first kappa shape index (κ1) is 17.1. The molecule has 0 saturated carbocycles. The number of pyridine rings is 1. The molecular weight excluding hydrogens is 322 g/mol. The van der Waals surface area contributed by atoms with Gasteiger partial charge in [-0.1, -0.05) is 6.07 Å². The normalized spacial score (nSPS) is 16.6. The van der Waals surface area contributed by atoms with Crippen molar-refractivity contribution < 1.29 is 14.7 Å². The quantitative estimate of drug-likeness (QED) is 0.867. The molecule has 1 fully saturated rings. The molecule has 1 amide bonds. The Morgan fingerprint density at radius 2 is 1.96 bits per heavy atom. The molecule has 1 saturated heterocycles. The molecule has 1 unspecified atom stereocenters. The van der Waals surface area contributed by atoms with Gasteiger partial charge in [0, 0.05) is 45.1 Å². The van der Waals surface area contributed by atoms with Crippen LogP contribution in [0.15, 0.2) is 36.7 Å². The number of carbonyl (C=O) groups is 2. The molecule has 8 nitrogen and oxygen atoms in total. The number of carboxylic acid groups (broad SMARTS) is 1. The first-order valence-corrected chi connectivity index (χ1v) is 8.24. The fraction of sp³-hybridized carbons (Fsp3) is 0.412. The Labute approximate surface area is 145 Å². The van der Waals surface area contributed by atoms with Gasteiger partial charge in [-0.3, -0.25) is 19.4 Å². The van der Waals surface area contributed by atoms with E-state index < -0.39 is 12.0 Å². The van der Waals surface area contributed by atoms with Gasteiger partial charge in [0.1, 0.15) is 11.7 Å². The molecule has 8 heteroatoms. The zero-order valence-electron chi connectivity index (χ0n) is 14.1. The van der Waals surface area contributed by atoms with E-state index in [1.807, 2.05) is 18.2 Å². The molecule has 0 bridgehead atoms. The molecule has 1 aliphatic heterocycles. The van der Waals surface area contributed by atoms with Crippen molar-refractivity contribution in [2.75, 3.05) is 26.2 Å². The minimum Gasteiger partial charge on any atom is -0.480 e. The van der Waals surface area contributed by atoms with E-state index in [1.165, 1.54) is 17.8 Å². The number of hydrogen-bond donors (Lipinski definition) is 1. The molecule has 2 aromatic heterocycles. The Morgan fingerprint density at radius 3 is 2.60 bits per heavy atom. The maximum atomic E-state index is 12.5. The number of carboxylic acids is 1. The molecule has 1 N–H and O–H groups in total. The highest BCUT2D eigenvalue weighted by Crippen LogP contribution is 2.11. The summed E-state index contributed by atoms with van der Waals surface area (Å²) in [5.74, 6) is -1.14. The summed E-state index contributed by atoms with van der Waals surface area (Å²) in [6.45, 7) is 5.08. The lowest BCUT2D eigenvalue weighted by Crippen LogP contribution is -2.48. The zero-order chi connectivity index (χ0) is 17.8. The summed E-state index contributed by atoms with van der Waals surface area (Å²) in [6.07, 6.45) is 3.31. The van der Waals surface area contributed by atoms with Gasteiger partial charge in [0.25, 0.3) is 5.91 Å². The van der Waals surface area contributed by atoms with E-state index in [9.17, 15) is 9.59 Å². The molecule has 132 valence electrons. The lowest BCUT2D eigenvalue weighted by Gasteiger charge is -2.34. The Kier molecular flexibility index (Phi) is 5.08. The van der Waals surface area contributed by atoms with E-state index in [4.69, 9.17) is 5.11 Å². The number of hydrogen-bond acceptors (Lipinski definition) is 5. The highest BCUT2D eigenvalue weighted by Gasteiger charge is 2.25. The van der Waals surface area contributed by atoms with Crippen molar-refractivity contribution in [2.45, 2.75) is 19.5 Å². The van der Waals surface area contributed by atoms with Crippen LogP contribution in [0.4, 0.5) is 0 Å². The molecule has 0 aliphatic carbocycles. The van der Waals surface area contributed by atoms with E-state index in [1.54, 1.807) is 17.2 Å². The minimum atomic E-state index is -0.981. The van der Waals surface area contributed by atoms with Gasteiger partial charge >= 0.3 is 5.97 Å². The Balaban J connectivity index is 1.56. The third-order valence-corrected chi connectivity index (χ3v) is 4.35. The highest BCUT2D eigenvalue weighted by atomic mass is 16.4. The Morgan fingerprint density at radius 1 is 1.20 bits per heavy atom. The van der Waals surface area contributed by atoms with Crippen molar-refractivity contribution in [3.63, 3.8) is 0 Å². The molecule has 0 radical (unpaired) electrons. The van der Waals surface area contributed by atoms with Crippen LogP contribution in [0.1, 0.15) is 29.1 Å². The minimum absolute atomic E-state index is 0.158. The van der Waals surface area contributed by atoms with Crippen molar-refractivity contribution in [3.05, 3.63) is 48.0 Å². The van der Waals surface area contributed by atoms with Crippen LogP contribution in [0.25, 0.3) is 0 Å². The first-order valence-electron chi connectivity index (χ1n) is 8.24. The molecule has 3 heterocycles. The largest absolute Gasteiger partial charge is 0.480 e. The molecular formula is C17H21N5O3. The second-order valence-corrected chi connectivity index (χ2v) is 6.08. The smallest absolute Gasteiger partial charge is 0.328 e. The van der Waals surface area contributed by atoms with Crippen molar-refractivity contribution in [1.29, 1.82) is 0 Å². The van der Waals surface area contributed by atoms with Gasteiger partial charge in [0.15, 0.2) is 0 Å². The summed E-state index contributed by atoms with van der Waals surface area (Å²) in [6, 6.07) is 6.63. The number of piperazine rings is 1. The van der Waals surface area contributed by atoms with Crippen molar-refractivity contribution in [2.24, 2.45) is 0 Å². The fourth-order valence-electron chi connectivity index (χ4n) is 2.77. The Bertz CT molecular complexity index is 738. The van der Waals surface area contributed by atoms with Crippen LogP contribution in [-0.2, 0) is 11.3 Å². The third kappa shape index (κ3) is 4.03. The number of aromatic nitrogens is 3. The number of nitrogens with zero attached hydrogens (tertiary/aromatic N) is 5. The summed E-state index contributed by atoms with van der Waals surface area (Å²) in [7, 11) is 0. The molecule has 2 aromatic rings. The number of carbonyl (C=O) groups excluding carboxylic acids is 1. The average molecular weight is 343 g/mol. The maximum Gasteiger partial charge on any atom is 0.328 e. The van der Waals surface area contributed by atoms with Crippen LogP contribution in [0.5, 0.6) is 0 Å². The van der Waals surface area contributed by atoms with E-state index in [2.05, 4.69) is 15.0 Å². The molecule has 25 heavy (non-hydrogen) atoms. The summed E-state index contributed by atoms with van der Waals surface area (Å²) < 4.78 is 1.30. The lowest BCUT2D eigenvalue weighted by atomic mass is 10.2. The predicted octanol–water partition coefficient (Wildman–Crippen LogP) is 0.882. The molecule has 1 atom stereocenters. The van der Waals surface area contributed by atoms with Gasteiger partial charge in [0.2, 0.25) is 0 Å². The first-order chi connectivity index (χ1) is 12.0. The van der Waals surface area contributed by atoms with Gasteiger partial charge in [-0.25, -0.2) is 4.79 Å². The van der Waals surface area contributed by atoms with Crippen molar-refractivity contribution >= 4 is 11.9 Å². The van der Waals surface area contributed by atoms with Crippen molar-refractivity contribution in [1.82, 2.24) is 24.6 Å². The fourth-order valence-corrected chi connectivity index (χ4v) is 2.77. The molecule has 0 aromatic carbocycles. The van der Waals surface area contributed by atoms with E-state index in [-0.39, 0.29) is 11.6 Å². The average Bonchev–Trinajstić information content (AvgIpc) is 3.12. The lowest BCUT2D eigenvalue weighted by molar-refractivity contribution is -0.140. The summed E-state index contributed by atoms with van der Waals surface area (Å²) in [4.78, 5) is 31.9. The summed E-state index contributed by atoms with van der Waals surface area (Å²) >= 11 is 0. The zero-order valence-corrected chi connectivity index (χ0v) is 14.1. The topological polar surface area (TPSA) is 91.6 Å². The van der Waals surface area contributed by atoms with Gasteiger partial charge in [-0.05, 0) is 25.1 Å². The molecule has 3 rings (SSSR count). The number of aliphatic carboxylic acids is 1. The summed E-state index contributed by atoms with van der Waals surface area (Å²) in [5.41, 5.74) is 1.30. The highest BCUT2D eigenvalue weighted by molar-refractivity contribution is 5.92. The van der Waals surface area contributed by atoms with Crippen LogP contribution in [0.2, 0.25) is 0 Å². The van der Waals surface area contributed by atoms with E-state index in [0.717, 1.165) is 25.3 Å². The maximum absolute atomic E-state index is 12.5. The van der Waals surface area contributed by atoms with Gasteiger partial charge < -0.3 is 10.0 Å². The van der Waals surface area contributed by atoms with E-state index in [0.29, 0.717) is 13.1 Å². The SMILES string of the molecule is CC(C(=O)O)n1ccc(C(=O)N2CCN(Cc3ccccn3)CC2)n1. The van der Waals surface area contributed by atoms with E-state index >= 15 is 0 Å². The summed E-state index contributed by atoms with van der Waals surface area (Å²) in [5, 5.41) is 13.1.